The highest BCUT2D eigenvalue weighted by atomic mass is 35.5. The van der Waals surface area contributed by atoms with E-state index in [1.807, 2.05) is 6.20 Å². The van der Waals surface area contributed by atoms with Crippen molar-refractivity contribution >= 4 is 17.5 Å². The second kappa shape index (κ2) is 7.70. The number of hydrogen-bond acceptors (Lipinski definition) is 2. The number of amides is 1. The summed E-state index contributed by atoms with van der Waals surface area (Å²) in [6.07, 6.45) is 19.2. The molecule has 1 fully saturated rings. The molecule has 1 aromatic rings. The summed E-state index contributed by atoms with van der Waals surface area (Å²) in [5.74, 6) is 1.03. The maximum absolute atomic E-state index is 13.5. The van der Waals surface area contributed by atoms with E-state index in [-0.39, 0.29) is 11.3 Å². The van der Waals surface area contributed by atoms with E-state index < -0.39 is 0 Å². The van der Waals surface area contributed by atoms with Crippen molar-refractivity contribution in [1.82, 2.24) is 15.1 Å². The average Bonchev–Trinajstić information content (AvgIpc) is 3.44. The van der Waals surface area contributed by atoms with Gasteiger partial charge in [-0.2, -0.15) is 5.10 Å². The van der Waals surface area contributed by atoms with E-state index in [2.05, 4.69) is 33.3 Å². The number of carbonyl (C=O) groups is 1. The van der Waals surface area contributed by atoms with Crippen LogP contribution in [0.5, 0.6) is 0 Å². The summed E-state index contributed by atoms with van der Waals surface area (Å²) in [6, 6.07) is 0.832. The van der Waals surface area contributed by atoms with Crippen LogP contribution < -0.4 is 0 Å². The minimum absolute atomic E-state index is 0.126. The van der Waals surface area contributed by atoms with Crippen molar-refractivity contribution in [2.75, 3.05) is 0 Å². The summed E-state index contributed by atoms with van der Waals surface area (Å²) < 4.78 is 0. The number of fused-ring (bicyclic) bond motifs is 1. The third-order valence-corrected chi connectivity index (χ3v) is 7.65. The van der Waals surface area contributed by atoms with Gasteiger partial charge in [0.1, 0.15) is 0 Å². The molecule has 4 nitrogen and oxygen atoms in total. The molecule has 28 heavy (non-hydrogen) atoms. The van der Waals surface area contributed by atoms with Crippen molar-refractivity contribution in [3.05, 3.63) is 41.3 Å². The predicted octanol–water partition coefficient (Wildman–Crippen LogP) is 4.56. The number of nitrogens with zero attached hydrogens (tertiary/aromatic N) is 2. The van der Waals surface area contributed by atoms with Crippen molar-refractivity contribution in [1.29, 1.82) is 0 Å². The lowest BCUT2D eigenvalue weighted by atomic mass is 9.78. The Labute approximate surface area is 172 Å². The normalized spacial score (nSPS) is 32.5. The topological polar surface area (TPSA) is 49.0 Å². The van der Waals surface area contributed by atoms with Crippen LogP contribution in [0.15, 0.2) is 30.0 Å². The van der Waals surface area contributed by atoms with Crippen LogP contribution in [0.4, 0.5) is 0 Å². The van der Waals surface area contributed by atoms with Crippen LogP contribution in [0.3, 0.4) is 0 Å². The Bertz CT molecular complexity index is 794. The molecule has 1 amide bonds. The molecule has 1 aromatic heterocycles. The number of carbonyl (C=O) groups excluding carboxylic acids is 1. The highest BCUT2D eigenvalue weighted by Crippen LogP contribution is 2.39. The molecule has 4 aliphatic carbocycles. The van der Waals surface area contributed by atoms with Crippen LogP contribution in [0.1, 0.15) is 62.6 Å². The van der Waals surface area contributed by atoms with E-state index in [9.17, 15) is 4.79 Å². The first-order valence-corrected chi connectivity index (χ1v) is 11.5. The monoisotopic (exact) mass is 399 g/mol. The zero-order valence-electron chi connectivity index (χ0n) is 16.4. The third-order valence-electron chi connectivity index (χ3n) is 7.20. The van der Waals surface area contributed by atoms with Gasteiger partial charge in [-0.25, -0.2) is 0 Å². The third kappa shape index (κ3) is 3.56. The number of hydrogen-bond donors (Lipinski definition) is 1. The fourth-order valence-electron chi connectivity index (χ4n) is 5.46. The van der Waals surface area contributed by atoms with E-state index in [4.69, 9.17) is 11.6 Å². The van der Waals surface area contributed by atoms with Crippen LogP contribution in [-0.4, -0.2) is 38.5 Å². The lowest BCUT2D eigenvalue weighted by Crippen LogP contribution is -2.47. The largest absolute Gasteiger partial charge is 0.336 e. The standard InChI is InChI=1S/C23H30ClN3O/c24-21-4-2-1-3-20(21)15-5-7-16(8-6-15)23(28)27(18-9-10-18)19-11-12-22-17(13-19)14-25-26-22/h2,4-5,14,16,18-21H,1,3,6-13H2,(H,25,26). The molecule has 150 valence electrons. The smallest absolute Gasteiger partial charge is 0.226 e. The minimum Gasteiger partial charge on any atom is -0.336 e. The van der Waals surface area contributed by atoms with Gasteiger partial charge in [0.2, 0.25) is 5.91 Å². The van der Waals surface area contributed by atoms with Crippen molar-refractivity contribution in [3.8, 4) is 0 Å². The zero-order valence-corrected chi connectivity index (χ0v) is 17.2. The summed E-state index contributed by atoms with van der Waals surface area (Å²) in [7, 11) is 0. The lowest BCUT2D eigenvalue weighted by molar-refractivity contribution is -0.139. The molecule has 5 rings (SSSR count). The molecular weight excluding hydrogens is 370 g/mol. The minimum atomic E-state index is 0.126. The van der Waals surface area contributed by atoms with Gasteiger partial charge in [0, 0.05) is 23.7 Å². The number of aromatic nitrogens is 2. The molecular formula is C23H30ClN3O. The van der Waals surface area contributed by atoms with Crippen LogP contribution >= 0.6 is 11.6 Å². The summed E-state index contributed by atoms with van der Waals surface area (Å²) in [6.45, 7) is 0. The van der Waals surface area contributed by atoms with Gasteiger partial charge >= 0.3 is 0 Å². The van der Waals surface area contributed by atoms with Gasteiger partial charge in [-0.1, -0.05) is 23.8 Å². The lowest BCUT2D eigenvalue weighted by Gasteiger charge is -2.38. The van der Waals surface area contributed by atoms with Gasteiger partial charge in [0.15, 0.2) is 0 Å². The second-order valence-corrected chi connectivity index (χ2v) is 9.56. The highest BCUT2D eigenvalue weighted by Gasteiger charge is 2.41. The van der Waals surface area contributed by atoms with E-state index in [1.165, 1.54) is 29.7 Å². The molecule has 0 spiro atoms. The van der Waals surface area contributed by atoms with Crippen molar-refractivity contribution in [2.45, 2.75) is 81.7 Å². The van der Waals surface area contributed by atoms with Crippen molar-refractivity contribution in [3.63, 3.8) is 0 Å². The summed E-state index contributed by atoms with van der Waals surface area (Å²) in [5.41, 5.74) is 4.06. The first kappa shape index (κ1) is 18.5. The average molecular weight is 400 g/mol. The van der Waals surface area contributed by atoms with Gasteiger partial charge in [-0.3, -0.25) is 9.89 Å². The molecule has 0 saturated heterocycles. The number of aromatic amines is 1. The summed E-state index contributed by atoms with van der Waals surface area (Å²) >= 11 is 6.54. The maximum Gasteiger partial charge on any atom is 0.226 e. The number of nitrogens with one attached hydrogen (secondary N) is 1. The van der Waals surface area contributed by atoms with E-state index in [1.54, 1.807) is 0 Å². The van der Waals surface area contributed by atoms with E-state index in [0.29, 0.717) is 23.9 Å². The van der Waals surface area contributed by atoms with Crippen LogP contribution in [0.25, 0.3) is 0 Å². The van der Waals surface area contributed by atoms with Crippen molar-refractivity contribution in [2.24, 2.45) is 11.8 Å². The molecule has 0 bridgehead atoms. The number of halogens is 1. The Kier molecular flexibility index (Phi) is 5.08. The molecule has 0 aliphatic heterocycles. The van der Waals surface area contributed by atoms with Gasteiger partial charge in [0.05, 0.1) is 11.6 Å². The summed E-state index contributed by atoms with van der Waals surface area (Å²) in [4.78, 5) is 15.8. The quantitative estimate of drug-likeness (QED) is 0.596. The fourth-order valence-corrected chi connectivity index (χ4v) is 5.85. The number of H-pyrrole nitrogens is 1. The van der Waals surface area contributed by atoms with Crippen LogP contribution in [-0.2, 0) is 17.6 Å². The Morgan fingerprint density at radius 3 is 2.79 bits per heavy atom. The molecule has 1 heterocycles. The van der Waals surface area contributed by atoms with Gasteiger partial charge < -0.3 is 4.90 Å². The SMILES string of the molecule is O=C(C1CC=C(C2CCC=CC2Cl)CC1)N(C1CC1)C1CCc2[nH]ncc2C1. The predicted molar refractivity (Wildman–Crippen MR) is 111 cm³/mol. The van der Waals surface area contributed by atoms with Crippen molar-refractivity contribution < 1.29 is 4.79 Å². The zero-order chi connectivity index (χ0) is 19.1. The maximum atomic E-state index is 13.5. The first-order valence-electron chi connectivity index (χ1n) is 11.0. The molecule has 0 radical (unpaired) electrons. The number of alkyl halides is 1. The summed E-state index contributed by atoms with van der Waals surface area (Å²) in [5, 5.41) is 7.44. The molecule has 0 aromatic carbocycles. The molecule has 4 unspecified atom stereocenters. The van der Waals surface area contributed by atoms with E-state index in [0.717, 1.165) is 51.4 Å². The molecule has 1 saturated carbocycles. The number of allylic oxidation sites excluding steroid dienone is 4. The Hall–Kier alpha value is -1.55. The van der Waals surface area contributed by atoms with Gasteiger partial charge in [0.25, 0.3) is 0 Å². The Morgan fingerprint density at radius 1 is 1.14 bits per heavy atom. The molecule has 1 N–H and O–H groups in total. The molecule has 4 atom stereocenters. The van der Waals surface area contributed by atoms with Crippen LogP contribution in [0.2, 0.25) is 0 Å². The van der Waals surface area contributed by atoms with Gasteiger partial charge in [-0.05, 0) is 75.7 Å². The number of aryl methyl sites for hydroxylation is 1. The second-order valence-electron chi connectivity index (χ2n) is 9.05. The fraction of sp³-hybridized carbons (Fsp3) is 0.652. The number of rotatable bonds is 4. The Morgan fingerprint density at radius 2 is 2.04 bits per heavy atom. The van der Waals surface area contributed by atoms with Gasteiger partial charge in [-0.15, -0.1) is 11.6 Å². The van der Waals surface area contributed by atoms with E-state index >= 15 is 0 Å². The molecule has 5 heteroatoms. The molecule has 4 aliphatic rings. The highest BCUT2D eigenvalue weighted by molar-refractivity contribution is 6.22. The Balaban J connectivity index is 1.27. The van der Waals surface area contributed by atoms with Crippen LogP contribution in [0, 0.1) is 11.8 Å². The first-order chi connectivity index (χ1) is 13.7.